The van der Waals surface area contributed by atoms with Crippen molar-refractivity contribution in [1.82, 2.24) is 4.90 Å². The predicted octanol–water partition coefficient (Wildman–Crippen LogP) is 1.03. The maximum absolute atomic E-state index is 11.5. The van der Waals surface area contributed by atoms with Crippen LogP contribution in [0.2, 0.25) is 0 Å². The van der Waals surface area contributed by atoms with E-state index in [2.05, 4.69) is 0 Å². The molecule has 0 radical (unpaired) electrons. The molecule has 1 atom stereocenters. The summed E-state index contributed by atoms with van der Waals surface area (Å²) in [5.41, 5.74) is 0. The summed E-state index contributed by atoms with van der Waals surface area (Å²) < 4.78 is 0. The van der Waals surface area contributed by atoms with E-state index >= 15 is 0 Å². The van der Waals surface area contributed by atoms with Crippen LogP contribution < -0.4 is 0 Å². The molecule has 0 aromatic heterocycles. The van der Waals surface area contributed by atoms with Gasteiger partial charge in [0.15, 0.2) is 0 Å². The van der Waals surface area contributed by atoms with Gasteiger partial charge in [-0.25, -0.2) is 4.79 Å². The number of rotatable bonds is 3. The van der Waals surface area contributed by atoms with E-state index in [9.17, 15) is 9.59 Å². The lowest BCUT2D eigenvalue weighted by atomic mass is 10.2. The Labute approximate surface area is 83.2 Å². The van der Waals surface area contributed by atoms with Crippen LogP contribution in [0.25, 0.3) is 0 Å². The molecule has 1 aliphatic rings. The van der Waals surface area contributed by atoms with Gasteiger partial charge in [-0.1, -0.05) is 6.92 Å². The highest BCUT2D eigenvalue weighted by Crippen LogP contribution is 2.19. The fourth-order valence-corrected chi connectivity index (χ4v) is 1.79. The average molecular weight is 197 g/mol. The number of carboxylic acid groups (broad SMARTS) is 1. The van der Waals surface area contributed by atoms with Crippen molar-refractivity contribution in [3.05, 3.63) is 12.2 Å². The zero-order valence-electron chi connectivity index (χ0n) is 8.27. The van der Waals surface area contributed by atoms with E-state index in [1.165, 1.54) is 0 Å². The van der Waals surface area contributed by atoms with Gasteiger partial charge in [0.2, 0.25) is 5.91 Å². The normalized spacial score (nSPS) is 21.8. The van der Waals surface area contributed by atoms with Crippen LogP contribution in [-0.4, -0.2) is 34.5 Å². The third-order valence-corrected chi connectivity index (χ3v) is 2.50. The topological polar surface area (TPSA) is 57.6 Å². The molecule has 0 aromatic rings. The largest absolute Gasteiger partial charge is 0.478 e. The van der Waals surface area contributed by atoms with Crippen LogP contribution >= 0.6 is 0 Å². The summed E-state index contributed by atoms with van der Waals surface area (Å²) in [6.45, 7) is 2.79. The van der Waals surface area contributed by atoms with E-state index in [0.29, 0.717) is 6.04 Å². The number of carbonyl (C=O) groups is 2. The number of aliphatic carboxylic acids is 1. The first-order valence-electron chi connectivity index (χ1n) is 4.86. The Hall–Kier alpha value is -1.32. The number of hydrogen-bond acceptors (Lipinski definition) is 2. The van der Waals surface area contributed by atoms with Gasteiger partial charge in [-0.3, -0.25) is 4.79 Å². The Morgan fingerprint density at radius 1 is 1.50 bits per heavy atom. The maximum atomic E-state index is 11.5. The van der Waals surface area contributed by atoms with E-state index in [0.717, 1.165) is 38.0 Å². The number of likely N-dealkylation sites (tertiary alicyclic amines) is 1. The molecule has 1 unspecified atom stereocenters. The first-order valence-corrected chi connectivity index (χ1v) is 4.86. The lowest BCUT2D eigenvalue weighted by Crippen LogP contribution is -2.33. The minimum atomic E-state index is -1.08. The fraction of sp³-hybridized carbons (Fsp3) is 0.600. The van der Waals surface area contributed by atoms with E-state index in [-0.39, 0.29) is 5.91 Å². The molecule has 1 fully saturated rings. The zero-order valence-corrected chi connectivity index (χ0v) is 8.27. The summed E-state index contributed by atoms with van der Waals surface area (Å²) in [4.78, 5) is 23.5. The first kappa shape index (κ1) is 10.8. The molecular formula is C10H15NO3. The Balaban J connectivity index is 2.55. The maximum Gasteiger partial charge on any atom is 0.328 e. The molecule has 78 valence electrons. The van der Waals surface area contributed by atoms with Gasteiger partial charge in [-0.15, -0.1) is 0 Å². The molecule has 1 rings (SSSR count). The number of carboxylic acids is 1. The Bertz CT molecular complexity index is 260. The van der Waals surface area contributed by atoms with Crippen LogP contribution in [0.3, 0.4) is 0 Å². The van der Waals surface area contributed by atoms with Crippen molar-refractivity contribution >= 4 is 11.9 Å². The van der Waals surface area contributed by atoms with Crippen LogP contribution in [0.15, 0.2) is 12.2 Å². The van der Waals surface area contributed by atoms with Crippen molar-refractivity contribution in [2.75, 3.05) is 6.54 Å². The number of nitrogens with zero attached hydrogens (tertiary/aromatic N) is 1. The van der Waals surface area contributed by atoms with Gasteiger partial charge in [0.05, 0.1) is 0 Å². The van der Waals surface area contributed by atoms with Crippen LogP contribution in [0, 0.1) is 0 Å². The van der Waals surface area contributed by atoms with Crippen LogP contribution in [0.4, 0.5) is 0 Å². The average Bonchev–Trinajstić information content (AvgIpc) is 2.61. The Kier molecular flexibility index (Phi) is 3.68. The minimum Gasteiger partial charge on any atom is -0.478 e. The number of carbonyl (C=O) groups excluding carboxylic acids is 1. The highest BCUT2D eigenvalue weighted by Gasteiger charge is 2.25. The summed E-state index contributed by atoms with van der Waals surface area (Å²) in [6.07, 6.45) is 5.02. The highest BCUT2D eigenvalue weighted by molar-refractivity contribution is 5.94. The van der Waals surface area contributed by atoms with Gasteiger partial charge in [-0.05, 0) is 19.3 Å². The Morgan fingerprint density at radius 3 is 2.79 bits per heavy atom. The molecule has 1 amide bonds. The number of hydrogen-bond donors (Lipinski definition) is 1. The van der Waals surface area contributed by atoms with Crippen molar-refractivity contribution in [2.45, 2.75) is 32.2 Å². The SMILES string of the molecule is CCC1CCCN1C(=O)/C=C/C(=O)O. The van der Waals surface area contributed by atoms with Gasteiger partial charge in [0.1, 0.15) is 0 Å². The van der Waals surface area contributed by atoms with Crippen molar-refractivity contribution in [1.29, 1.82) is 0 Å². The molecule has 0 aliphatic carbocycles. The van der Waals surface area contributed by atoms with Crippen LogP contribution in [0.5, 0.6) is 0 Å². The standard InChI is InChI=1S/C10H15NO3/c1-2-8-4-3-7-11(8)9(12)5-6-10(13)14/h5-6,8H,2-4,7H2,1H3,(H,13,14)/b6-5+. The molecule has 0 bridgehead atoms. The highest BCUT2D eigenvalue weighted by atomic mass is 16.4. The molecule has 0 saturated carbocycles. The zero-order chi connectivity index (χ0) is 10.6. The molecule has 1 heterocycles. The molecule has 1 aliphatic heterocycles. The third-order valence-electron chi connectivity index (χ3n) is 2.50. The van der Waals surface area contributed by atoms with Gasteiger partial charge in [0.25, 0.3) is 0 Å². The van der Waals surface area contributed by atoms with Crippen LogP contribution in [0.1, 0.15) is 26.2 Å². The second-order valence-corrected chi connectivity index (χ2v) is 3.41. The van der Waals surface area contributed by atoms with Crippen molar-refractivity contribution < 1.29 is 14.7 Å². The second-order valence-electron chi connectivity index (χ2n) is 3.41. The predicted molar refractivity (Wildman–Crippen MR) is 51.8 cm³/mol. The van der Waals surface area contributed by atoms with Gasteiger partial charge < -0.3 is 10.0 Å². The smallest absolute Gasteiger partial charge is 0.328 e. The first-order chi connectivity index (χ1) is 6.65. The summed E-state index contributed by atoms with van der Waals surface area (Å²) in [5, 5.41) is 8.37. The van der Waals surface area contributed by atoms with Crippen LogP contribution in [-0.2, 0) is 9.59 Å². The number of amides is 1. The lowest BCUT2D eigenvalue weighted by molar-refractivity contribution is -0.132. The molecule has 0 aromatic carbocycles. The van der Waals surface area contributed by atoms with E-state index in [1.54, 1.807) is 4.90 Å². The quantitative estimate of drug-likeness (QED) is 0.687. The molecular weight excluding hydrogens is 182 g/mol. The fourth-order valence-electron chi connectivity index (χ4n) is 1.79. The lowest BCUT2D eigenvalue weighted by Gasteiger charge is -2.21. The summed E-state index contributed by atoms with van der Waals surface area (Å²) >= 11 is 0. The summed E-state index contributed by atoms with van der Waals surface area (Å²) in [7, 11) is 0. The summed E-state index contributed by atoms with van der Waals surface area (Å²) in [6, 6.07) is 0.293. The van der Waals surface area contributed by atoms with E-state index in [1.807, 2.05) is 6.92 Å². The van der Waals surface area contributed by atoms with Crippen molar-refractivity contribution in [3.63, 3.8) is 0 Å². The van der Waals surface area contributed by atoms with Crippen molar-refractivity contribution in [2.24, 2.45) is 0 Å². The molecule has 1 N–H and O–H groups in total. The molecule has 4 heteroatoms. The molecule has 4 nitrogen and oxygen atoms in total. The van der Waals surface area contributed by atoms with Gasteiger partial charge in [0, 0.05) is 24.7 Å². The van der Waals surface area contributed by atoms with Crippen molar-refractivity contribution in [3.8, 4) is 0 Å². The molecule has 0 spiro atoms. The van der Waals surface area contributed by atoms with Gasteiger partial charge in [-0.2, -0.15) is 0 Å². The van der Waals surface area contributed by atoms with Gasteiger partial charge >= 0.3 is 5.97 Å². The second kappa shape index (κ2) is 4.79. The van der Waals surface area contributed by atoms with E-state index in [4.69, 9.17) is 5.11 Å². The minimum absolute atomic E-state index is 0.184. The van der Waals surface area contributed by atoms with E-state index < -0.39 is 5.97 Å². The summed E-state index contributed by atoms with van der Waals surface area (Å²) in [5.74, 6) is -1.26. The molecule has 14 heavy (non-hydrogen) atoms. The Morgan fingerprint density at radius 2 is 2.21 bits per heavy atom. The monoisotopic (exact) mass is 197 g/mol. The third kappa shape index (κ3) is 2.58. The molecule has 1 saturated heterocycles.